The van der Waals surface area contributed by atoms with Crippen LogP contribution in [0.5, 0.6) is 0 Å². The Labute approximate surface area is 241 Å². The molecule has 0 radical (unpaired) electrons. The maximum absolute atomic E-state index is 13.0. The van der Waals surface area contributed by atoms with Crippen LogP contribution >= 0.6 is 0 Å². The molecule has 12 heteroatoms. The van der Waals surface area contributed by atoms with Crippen LogP contribution in [-0.4, -0.2) is 74.3 Å². The fraction of sp³-hybridized carbons (Fsp3) is 0.400. The van der Waals surface area contributed by atoms with Gasteiger partial charge in [0.15, 0.2) is 0 Å². The number of nitrogen functional groups attached to an aromatic ring is 1. The number of likely N-dealkylation sites (tertiary alicyclic amines) is 1. The second-order valence-electron chi connectivity index (χ2n) is 11.5. The van der Waals surface area contributed by atoms with E-state index in [0.29, 0.717) is 17.0 Å². The fourth-order valence-corrected chi connectivity index (χ4v) is 5.94. The van der Waals surface area contributed by atoms with Crippen LogP contribution in [0.1, 0.15) is 53.3 Å². The van der Waals surface area contributed by atoms with Crippen molar-refractivity contribution in [2.45, 2.75) is 43.3 Å². The smallest absolute Gasteiger partial charge is 0.382 e. The quantitative estimate of drug-likeness (QED) is 0.321. The van der Waals surface area contributed by atoms with E-state index in [1.807, 2.05) is 10.6 Å². The Morgan fingerprint density at radius 1 is 1.14 bits per heavy atom. The number of piperidine rings is 1. The number of imidazole rings is 1. The number of amides is 1. The second-order valence-corrected chi connectivity index (χ2v) is 11.5. The minimum absolute atomic E-state index is 0.179. The molecule has 220 valence electrons. The maximum atomic E-state index is 13.0. The lowest BCUT2D eigenvalue weighted by molar-refractivity contribution is -0.137. The van der Waals surface area contributed by atoms with Crippen LogP contribution in [-0.2, 0) is 6.18 Å². The average molecular weight is 579 g/mol. The number of halogens is 3. The minimum atomic E-state index is -4.53. The molecule has 4 aromatic rings. The van der Waals surface area contributed by atoms with E-state index in [9.17, 15) is 18.0 Å². The van der Waals surface area contributed by atoms with Gasteiger partial charge >= 0.3 is 6.18 Å². The van der Waals surface area contributed by atoms with Crippen molar-refractivity contribution in [2.75, 3.05) is 44.8 Å². The van der Waals surface area contributed by atoms with E-state index >= 15 is 0 Å². The van der Waals surface area contributed by atoms with E-state index in [-0.39, 0.29) is 22.8 Å². The molecule has 2 fully saturated rings. The summed E-state index contributed by atoms with van der Waals surface area (Å²) in [5, 5.41) is 2.44. The molecule has 3 N–H and O–H groups in total. The van der Waals surface area contributed by atoms with Crippen LogP contribution < -0.4 is 11.1 Å². The molecule has 1 aromatic carbocycles. The van der Waals surface area contributed by atoms with Crippen molar-refractivity contribution in [3.8, 4) is 11.3 Å². The molecule has 1 saturated heterocycles. The van der Waals surface area contributed by atoms with Crippen molar-refractivity contribution in [1.29, 1.82) is 0 Å². The zero-order chi connectivity index (χ0) is 29.6. The first-order chi connectivity index (χ1) is 20.0. The average Bonchev–Trinajstić information content (AvgIpc) is 3.64. The van der Waals surface area contributed by atoms with Gasteiger partial charge in [-0.05, 0) is 70.6 Å². The monoisotopic (exact) mass is 578 g/mol. The Morgan fingerprint density at radius 3 is 2.60 bits per heavy atom. The lowest BCUT2D eigenvalue weighted by Gasteiger charge is -2.36. The topological polar surface area (TPSA) is 105 Å². The lowest BCUT2D eigenvalue weighted by atomic mass is 9.96. The Morgan fingerprint density at radius 2 is 1.90 bits per heavy atom. The van der Waals surface area contributed by atoms with Crippen molar-refractivity contribution in [2.24, 2.45) is 0 Å². The van der Waals surface area contributed by atoms with Gasteiger partial charge in [-0.3, -0.25) is 9.20 Å². The van der Waals surface area contributed by atoms with Gasteiger partial charge in [0.05, 0.1) is 5.56 Å². The Hall–Kier alpha value is -4.03. The maximum Gasteiger partial charge on any atom is 0.416 e. The molecular weight excluding hydrogens is 545 g/mol. The molecule has 1 aliphatic heterocycles. The van der Waals surface area contributed by atoms with Crippen molar-refractivity contribution in [3.05, 3.63) is 71.9 Å². The van der Waals surface area contributed by atoms with E-state index in [1.54, 1.807) is 30.5 Å². The minimum Gasteiger partial charge on any atom is -0.382 e. The van der Waals surface area contributed by atoms with Crippen LogP contribution in [0.15, 0.2) is 55.0 Å². The Bertz CT molecular complexity index is 1610. The van der Waals surface area contributed by atoms with Gasteiger partial charge in [0, 0.05) is 54.3 Å². The van der Waals surface area contributed by atoms with Crippen molar-refractivity contribution in [3.63, 3.8) is 0 Å². The van der Waals surface area contributed by atoms with Gasteiger partial charge in [-0.2, -0.15) is 13.2 Å². The molecule has 3 aromatic heterocycles. The van der Waals surface area contributed by atoms with Crippen molar-refractivity contribution >= 4 is 23.1 Å². The molecule has 1 unspecified atom stereocenters. The second kappa shape index (κ2) is 10.7. The molecule has 6 rings (SSSR count). The number of hydrogen-bond donors (Lipinski definition) is 2. The summed E-state index contributed by atoms with van der Waals surface area (Å²) in [7, 11) is 4.32. The van der Waals surface area contributed by atoms with Crippen molar-refractivity contribution in [1.82, 2.24) is 29.2 Å². The number of anilines is 2. The number of likely N-dealkylation sites (N-methyl/N-ethyl adjacent to an activating group) is 1. The van der Waals surface area contributed by atoms with Crippen LogP contribution in [0.25, 0.3) is 16.8 Å². The molecule has 42 heavy (non-hydrogen) atoms. The number of fused-ring (bicyclic) bond motifs is 1. The summed E-state index contributed by atoms with van der Waals surface area (Å²) >= 11 is 0. The fourth-order valence-electron chi connectivity index (χ4n) is 5.94. The zero-order valence-electron chi connectivity index (χ0n) is 23.5. The number of pyridine rings is 1. The molecule has 1 aliphatic carbocycles. The molecule has 0 spiro atoms. The third kappa shape index (κ3) is 5.43. The summed E-state index contributed by atoms with van der Waals surface area (Å²) in [4.78, 5) is 30.9. The summed E-state index contributed by atoms with van der Waals surface area (Å²) in [6.45, 7) is 3.04. The highest BCUT2D eigenvalue weighted by molar-refractivity contribution is 6.04. The highest BCUT2D eigenvalue weighted by Crippen LogP contribution is 2.42. The van der Waals surface area contributed by atoms with Crippen LogP contribution in [0.4, 0.5) is 24.8 Å². The van der Waals surface area contributed by atoms with E-state index < -0.39 is 17.6 Å². The number of benzene rings is 1. The first kappa shape index (κ1) is 28.1. The van der Waals surface area contributed by atoms with Crippen LogP contribution in [0.3, 0.4) is 0 Å². The van der Waals surface area contributed by atoms with E-state index in [2.05, 4.69) is 39.2 Å². The molecule has 1 amide bonds. The predicted octanol–water partition coefficient (Wildman–Crippen LogP) is 4.92. The molecule has 1 saturated carbocycles. The number of aromatic nitrogens is 4. The highest BCUT2D eigenvalue weighted by atomic mass is 19.4. The van der Waals surface area contributed by atoms with Gasteiger partial charge in [-0.1, -0.05) is 12.1 Å². The number of nitrogens with zero attached hydrogens (tertiary/aromatic N) is 6. The van der Waals surface area contributed by atoms with Crippen LogP contribution in [0.2, 0.25) is 0 Å². The molecular formula is C30H33F3N8O. The zero-order valence-corrected chi connectivity index (χ0v) is 23.5. The van der Waals surface area contributed by atoms with E-state index in [0.717, 1.165) is 62.2 Å². The van der Waals surface area contributed by atoms with E-state index in [1.165, 1.54) is 12.8 Å². The third-order valence-electron chi connectivity index (χ3n) is 8.52. The van der Waals surface area contributed by atoms with Crippen LogP contribution in [0, 0.1) is 0 Å². The van der Waals surface area contributed by atoms with E-state index in [4.69, 9.17) is 10.7 Å². The number of carbonyl (C=O) groups is 1. The third-order valence-corrected chi connectivity index (χ3v) is 8.52. The summed E-state index contributed by atoms with van der Waals surface area (Å²) in [5.74, 6) is 0.775. The van der Waals surface area contributed by atoms with Gasteiger partial charge in [-0.15, -0.1) is 0 Å². The van der Waals surface area contributed by atoms with Gasteiger partial charge in [0.2, 0.25) is 0 Å². The molecule has 9 nitrogen and oxygen atoms in total. The molecule has 1 atom stereocenters. The van der Waals surface area contributed by atoms with Crippen molar-refractivity contribution < 1.29 is 18.0 Å². The first-order valence-corrected chi connectivity index (χ1v) is 14.0. The van der Waals surface area contributed by atoms with Gasteiger partial charge in [-0.25, -0.2) is 15.0 Å². The normalized spacial score (nSPS) is 18.9. The largest absolute Gasteiger partial charge is 0.416 e. The summed E-state index contributed by atoms with van der Waals surface area (Å²) in [5.41, 5.74) is 8.16. The number of nitrogens with two attached hydrogens (primary N) is 1. The summed E-state index contributed by atoms with van der Waals surface area (Å²) in [6.07, 6.45) is 4.61. The summed E-state index contributed by atoms with van der Waals surface area (Å²) in [6, 6.07) is 8.38. The first-order valence-electron chi connectivity index (χ1n) is 14.0. The number of rotatable bonds is 7. The van der Waals surface area contributed by atoms with Gasteiger partial charge < -0.3 is 20.9 Å². The number of alkyl halides is 3. The van der Waals surface area contributed by atoms with Gasteiger partial charge in [0.25, 0.3) is 5.91 Å². The number of carbonyl (C=O) groups excluding carboxylic acids is 1. The Balaban J connectivity index is 1.25. The lowest BCUT2D eigenvalue weighted by Crippen LogP contribution is -2.46. The molecule has 2 aliphatic rings. The number of nitrogens with one attached hydrogen (secondary N) is 1. The highest BCUT2D eigenvalue weighted by Gasteiger charge is 2.46. The predicted molar refractivity (Wildman–Crippen MR) is 154 cm³/mol. The SMILES string of the molecule is CN(C)C1(CN2CCCC(c3nc(-c4ccc(C(=O)Nc5cc(C(F)(F)F)ccn5)cc4)c4c(N)nccn34)C2)CC1. The molecule has 4 heterocycles. The summed E-state index contributed by atoms with van der Waals surface area (Å²) < 4.78 is 41.2. The molecule has 0 bridgehead atoms. The Kier molecular flexibility index (Phi) is 7.14. The van der Waals surface area contributed by atoms with Gasteiger partial charge in [0.1, 0.15) is 28.7 Å². The standard InChI is InChI=1S/C30H33F3N8O/c1-39(2)29(10-11-29)18-40-14-3-4-21(17-40)27-38-24(25-26(34)36-13-15-41(25)27)19-5-7-20(8-6-19)28(42)37-23-16-22(9-12-35-23)30(31,32)33/h5-9,12-13,15-16,21H,3-4,10-11,14,17-18H2,1-2H3,(H2,34,36)(H,35,37,42). The number of hydrogen-bond acceptors (Lipinski definition) is 7.